The van der Waals surface area contributed by atoms with Gasteiger partial charge in [-0.05, 0) is 24.3 Å². The van der Waals surface area contributed by atoms with Crippen LogP contribution in [0.4, 0.5) is 4.39 Å². The third-order valence-corrected chi connectivity index (χ3v) is 3.66. The molecule has 0 spiro atoms. The highest BCUT2D eigenvalue weighted by molar-refractivity contribution is 6.04. The lowest BCUT2D eigenvalue weighted by Gasteiger charge is -2.15. The van der Waals surface area contributed by atoms with E-state index in [0.29, 0.717) is 11.1 Å². The minimum absolute atomic E-state index is 0.0520. The summed E-state index contributed by atoms with van der Waals surface area (Å²) in [6, 6.07) is 13.1. The Labute approximate surface area is 137 Å². The van der Waals surface area contributed by atoms with E-state index in [1.165, 1.54) is 41.6 Å². The number of Topliss-reactive ketones (excluding diaryl/α,β-unsaturated/α-hetero) is 2. The molecule has 0 fully saturated rings. The number of benzene rings is 2. The van der Waals surface area contributed by atoms with Crippen molar-refractivity contribution < 1.29 is 14.0 Å². The van der Waals surface area contributed by atoms with Gasteiger partial charge < -0.3 is 0 Å². The first-order valence-corrected chi connectivity index (χ1v) is 7.37. The van der Waals surface area contributed by atoms with Crippen molar-refractivity contribution >= 4 is 11.6 Å². The Kier molecular flexibility index (Phi) is 4.56. The van der Waals surface area contributed by atoms with E-state index in [0.717, 1.165) is 0 Å². The molecule has 1 heterocycles. The van der Waals surface area contributed by atoms with E-state index >= 15 is 0 Å². The van der Waals surface area contributed by atoms with Gasteiger partial charge in [-0.3, -0.25) is 9.59 Å². The highest BCUT2D eigenvalue weighted by Gasteiger charge is 2.26. The van der Waals surface area contributed by atoms with Crippen LogP contribution >= 0.6 is 0 Å². The monoisotopic (exact) mass is 323 g/mol. The van der Waals surface area contributed by atoms with E-state index in [-0.39, 0.29) is 18.0 Å². The number of aromatic nitrogens is 3. The molecule has 0 aliphatic rings. The number of carbonyl (C=O) groups is 2. The van der Waals surface area contributed by atoms with Gasteiger partial charge in [0.05, 0.1) is 0 Å². The molecule has 0 bridgehead atoms. The van der Waals surface area contributed by atoms with Gasteiger partial charge in [0.15, 0.2) is 11.6 Å². The van der Waals surface area contributed by atoms with E-state index in [4.69, 9.17) is 0 Å². The van der Waals surface area contributed by atoms with Crippen molar-refractivity contribution in [2.75, 3.05) is 0 Å². The quantitative estimate of drug-likeness (QED) is 0.654. The standard InChI is InChI=1S/C18H14FN3O2/c19-15-8-6-14(7-9-15)18(24)16(22-12-20-11-21-22)10-17(23)13-4-2-1-3-5-13/h1-9,11-12,16H,10H2. The molecule has 6 heteroatoms. The van der Waals surface area contributed by atoms with Crippen LogP contribution in [-0.2, 0) is 0 Å². The molecule has 0 aliphatic carbocycles. The number of ketones is 2. The number of nitrogens with zero attached hydrogens (tertiary/aromatic N) is 3. The van der Waals surface area contributed by atoms with Crippen LogP contribution in [-0.4, -0.2) is 26.3 Å². The second kappa shape index (κ2) is 6.95. The topological polar surface area (TPSA) is 64.8 Å². The maximum atomic E-state index is 13.1. The zero-order chi connectivity index (χ0) is 16.9. The van der Waals surface area contributed by atoms with Gasteiger partial charge in [-0.2, -0.15) is 5.10 Å². The lowest BCUT2D eigenvalue weighted by Crippen LogP contribution is -2.23. The Morgan fingerprint density at radius 1 is 1.00 bits per heavy atom. The van der Waals surface area contributed by atoms with Gasteiger partial charge in [-0.1, -0.05) is 30.3 Å². The molecule has 0 aliphatic heterocycles. The zero-order valence-electron chi connectivity index (χ0n) is 12.7. The first-order chi connectivity index (χ1) is 11.6. The fourth-order valence-electron chi connectivity index (χ4n) is 2.41. The van der Waals surface area contributed by atoms with Crippen LogP contribution in [0, 0.1) is 5.82 Å². The molecule has 0 saturated heterocycles. The summed E-state index contributed by atoms with van der Waals surface area (Å²) in [5.41, 5.74) is 0.840. The van der Waals surface area contributed by atoms with Gasteiger partial charge in [0.1, 0.15) is 24.5 Å². The van der Waals surface area contributed by atoms with Crippen LogP contribution in [0.25, 0.3) is 0 Å². The fraction of sp³-hybridized carbons (Fsp3) is 0.111. The van der Waals surface area contributed by atoms with Crippen molar-refractivity contribution in [3.05, 3.63) is 84.2 Å². The Morgan fingerprint density at radius 3 is 2.33 bits per heavy atom. The number of rotatable bonds is 6. The highest BCUT2D eigenvalue weighted by Crippen LogP contribution is 2.20. The summed E-state index contributed by atoms with van der Waals surface area (Å²) < 4.78 is 14.4. The first-order valence-electron chi connectivity index (χ1n) is 7.37. The van der Waals surface area contributed by atoms with Crippen LogP contribution in [0.3, 0.4) is 0 Å². The summed E-state index contributed by atoms with van der Waals surface area (Å²) in [5, 5.41) is 3.99. The molecule has 24 heavy (non-hydrogen) atoms. The average molecular weight is 323 g/mol. The first kappa shape index (κ1) is 15.7. The molecule has 0 saturated carbocycles. The maximum Gasteiger partial charge on any atom is 0.187 e. The lowest BCUT2D eigenvalue weighted by atomic mass is 9.97. The number of carbonyl (C=O) groups excluding carboxylic acids is 2. The van der Waals surface area contributed by atoms with Crippen LogP contribution in [0.2, 0.25) is 0 Å². The Hall–Kier alpha value is -3.15. The van der Waals surface area contributed by atoms with Gasteiger partial charge in [0.25, 0.3) is 0 Å². The molecule has 3 aromatic rings. The van der Waals surface area contributed by atoms with Gasteiger partial charge in [0, 0.05) is 17.5 Å². The predicted octanol–water partition coefficient (Wildman–Crippen LogP) is 3.11. The second-order valence-electron chi connectivity index (χ2n) is 5.26. The molecule has 5 nitrogen and oxygen atoms in total. The van der Waals surface area contributed by atoms with Crippen molar-refractivity contribution in [2.24, 2.45) is 0 Å². The van der Waals surface area contributed by atoms with Crippen LogP contribution < -0.4 is 0 Å². The van der Waals surface area contributed by atoms with E-state index in [9.17, 15) is 14.0 Å². The molecule has 0 N–H and O–H groups in total. The molecule has 120 valence electrons. The average Bonchev–Trinajstić information content (AvgIpc) is 3.14. The Balaban J connectivity index is 1.88. The van der Waals surface area contributed by atoms with Gasteiger partial charge in [-0.15, -0.1) is 0 Å². The van der Waals surface area contributed by atoms with Crippen molar-refractivity contribution in [2.45, 2.75) is 12.5 Å². The van der Waals surface area contributed by atoms with Gasteiger partial charge >= 0.3 is 0 Å². The summed E-state index contributed by atoms with van der Waals surface area (Å²) in [4.78, 5) is 29.1. The summed E-state index contributed by atoms with van der Waals surface area (Å²) in [5.74, 6) is -0.916. The molecule has 2 aromatic carbocycles. The second-order valence-corrected chi connectivity index (χ2v) is 5.26. The maximum absolute atomic E-state index is 13.1. The summed E-state index contributed by atoms with van der Waals surface area (Å²) in [6.07, 6.45) is 2.64. The molecule has 0 radical (unpaired) electrons. The molecule has 3 rings (SSSR count). The minimum atomic E-state index is -0.828. The van der Waals surface area contributed by atoms with Crippen molar-refractivity contribution in [1.29, 1.82) is 0 Å². The Morgan fingerprint density at radius 2 is 1.71 bits per heavy atom. The van der Waals surface area contributed by atoms with E-state index < -0.39 is 11.9 Å². The summed E-state index contributed by atoms with van der Waals surface area (Å²) >= 11 is 0. The largest absolute Gasteiger partial charge is 0.294 e. The van der Waals surface area contributed by atoms with Crippen molar-refractivity contribution in [3.63, 3.8) is 0 Å². The van der Waals surface area contributed by atoms with Crippen LogP contribution in [0.5, 0.6) is 0 Å². The normalized spacial score (nSPS) is 11.9. The number of hydrogen-bond donors (Lipinski definition) is 0. The molecule has 1 atom stereocenters. The lowest BCUT2D eigenvalue weighted by molar-refractivity contribution is 0.0850. The zero-order valence-corrected chi connectivity index (χ0v) is 12.7. The van der Waals surface area contributed by atoms with E-state index in [1.807, 2.05) is 6.07 Å². The summed E-state index contributed by atoms with van der Waals surface area (Å²) in [6.45, 7) is 0. The van der Waals surface area contributed by atoms with Crippen molar-refractivity contribution in [1.82, 2.24) is 14.8 Å². The van der Waals surface area contributed by atoms with Crippen LogP contribution in [0.1, 0.15) is 33.2 Å². The number of halogens is 1. The molecular weight excluding hydrogens is 309 g/mol. The highest BCUT2D eigenvalue weighted by atomic mass is 19.1. The predicted molar refractivity (Wildman–Crippen MR) is 85.2 cm³/mol. The smallest absolute Gasteiger partial charge is 0.187 e. The minimum Gasteiger partial charge on any atom is -0.294 e. The van der Waals surface area contributed by atoms with E-state index in [2.05, 4.69) is 10.1 Å². The van der Waals surface area contributed by atoms with Crippen molar-refractivity contribution in [3.8, 4) is 0 Å². The van der Waals surface area contributed by atoms with E-state index in [1.54, 1.807) is 24.3 Å². The fourth-order valence-corrected chi connectivity index (χ4v) is 2.41. The van der Waals surface area contributed by atoms with Gasteiger partial charge in [-0.25, -0.2) is 14.1 Å². The summed E-state index contributed by atoms with van der Waals surface area (Å²) in [7, 11) is 0. The third kappa shape index (κ3) is 3.43. The van der Waals surface area contributed by atoms with Crippen LogP contribution in [0.15, 0.2) is 67.3 Å². The van der Waals surface area contributed by atoms with Gasteiger partial charge in [0.2, 0.25) is 0 Å². The number of hydrogen-bond acceptors (Lipinski definition) is 4. The SMILES string of the molecule is O=C(CC(C(=O)c1ccc(F)cc1)n1cncn1)c1ccccc1. The Bertz CT molecular complexity index is 830. The third-order valence-electron chi connectivity index (χ3n) is 3.66. The molecule has 1 aromatic heterocycles. The molecule has 0 amide bonds. The molecule has 1 unspecified atom stereocenters. The molecular formula is C18H14FN3O2.